The summed E-state index contributed by atoms with van der Waals surface area (Å²) >= 11 is 0. The molecule has 7 heteroatoms. The zero-order chi connectivity index (χ0) is 25.0. The number of carbonyl (C=O) groups is 2. The number of anilines is 2. The Hall–Kier alpha value is -3.87. The van der Waals surface area contributed by atoms with E-state index in [-0.39, 0.29) is 23.4 Å². The first kappa shape index (κ1) is 24.3. The quantitative estimate of drug-likeness (QED) is 0.533. The maximum atomic E-state index is 13.1. The number of hydrogen-bond donors (Lipinski definition) is 2. The van der Waals surface area contributed by atoms with Gasteiger partial charge in [-0.25, -0.2) is 4.79 Å². The van der Waals surface area contributed by atoms with Gasteiger partial charge in [0, 0.05) is 24.6 Å². The number of benzene rings is 2. The number of ether oxygens (including phenoxy) is 1. The molecule has 0 aliphatic carbocycles. The van der Waals surface area contributed by atoms with Crippen LogP contribution in [0.2, 0.25) is 0 Å². The van der Waals surface area contributed by atoms with Gasteiger partial charge in [0.25, 0.3) is 0 Å². The number of rotatable bonds is 5. The molecular weight excluding hydrogens is 440 g/mol. The highest BCUT2D eigenvalue weighted by Gasteiger charge is 2.29. The number of urea groups is 1. The lowest BCUT2D eigenvalue weighted by molar-refractivity contribution is -0.118. The Morgan fingerprint density at radius 3 is 2.54 bits per heavy atom. The van der Waals surface area contributed by atoms with Crippen molar-refractivity contribution in [1.29, 1.82) is 0 Å². The van der Waals surface area contributed by atoms with Crippen LogP contribution >= 0.6 is 0 Å². The smallest absolute Gasteiger partial charge is 0.319 e. The van der Waals surface area contributed by atoms with Crippen LogP contribution in [0.25, 0.3) is 0 Å². The molecular formula is C28H32N4O3. The van der Waals surface area contributed by atoms with E-state index in [4.69, 9.17) is 4.74 Å². The predicted molar refractivity (Wildman–Crippen MR) is 138 cm³/mol. The second-order valence-electron chi connectivity index (χ2n) is 9.74. The van der Waals surface area contributed by atoms with Crippen LogP contribution in [-0.2, 0) is 16.6 Å². The van der Waals surface area contributed by atoms with E-state index in [2.05, 4.69) is 36.4 Å². The summed E-state index contributed by atoms with van der Waals surface area (Å²) in [7, 11) is 1.59. The second-order valence-corrected chi connectivity index (χ2v) is 9.74. The van der Waals surface area contributed by atoms with Gasteiger partial charge in [-0.15, -0.1) is 0 Å². The molecule has 1 aliphatic heterocycles. The molecule has 3 aromatic rings. The lowest BCUT2D eigenvalue weighted by atomic mass is 9.87. The van der Waals surface area contributed by atoms with E-state index in [0.717, 1.165) is 22.4 Å². The number of nitrogens with zero attached hydrogens (tertiary/aromatic N) is 2. The van der Waals surface area contributed by atoms with E-state index < -0.39 is 0 Å². The molecule has 2 aromatic carbocycles. The van der Waals surface area contributed by atoms with Crippen molar-refractivity contribution in [2.24, 2.45) is 0 Å². The third-order valence-corrected chi connectivity index (χ3v) is 6.27. The van der Waals surface area contributed by atoms with Crippen LogP contribution in [0, 0.1) is 0 Å². The van der Waals surface area contributed by atoms with Gasteiger partial charge in [-0.05, 0) is 58.9 Å². The number of methoxy groups -OCH3 is 1. The normalized spacial score (nSPS) is 15.2. The summed E-state index contributed by atoms with van der Waals surface area (Å²) in [6.45, 7) is 6.90. The van der Waals surface area contributed by atoms with Crippen LogP contribution in [-0.4, -0.2) is 30.6 Å². The highest BCUT2D eigenvalue weighted by atomic mass is 16.5. The number of fused-ring (bicyclic) bond motifs is 1. The van der Waals surface area contributed by atoms with E-state index in [0.29, 0.717) is 30.8 Å². The van der Waals surface area contributed by atoms with Crippen molar-refractivity contribution >= 4 is 23.3 Å². The Kier molecular flexibility index (Phi) is 7.05. The van der Waals surface area contributed by atoms with Crippen molar-refractivity contribution < 1.29 is 14.3 Å². The first-order valence-electron chi connectivity index (χ1n) is 11.8. The van der Waals surface area contributed by atoms with Crippen LogP contribution in [0.15, 0.2) is 67.0 Å². The van der Waals surface area contributed by atoms with Crippen LogP contribution < -0.4 is 20.3 Å². The van der Waals surface area contributed by atoms with Crippen LogP contribution in [0.5, 0.6) is 5.75 Å². The highest BCUT2D eigenvalue weighted by molar-refractivity contribution is 5.96. The Morgan fingerprint density at radius 1 is 1.09 bits per heavy atom. The maximum absolute atomic E-state index is 13.1. The average molecular weight is 473 g/mol. The van der Waals surface area contributed by atoms with Gasteiger partial charge in [0.2, 0.25) is 5.91 Å². The summed E-state index contributed by atoms with van der Waals surface area (Å²) in [6.07, 6.45) is 4.31. The summed E-state index contributed by atoms with van der Waals surface area (Å²) in [6, 6.07) is 16.8. The van der Waals surface area contributed by atoms with Gasteiger partial charge in [0.05, 0.1) is 25.3 Å². The molecule has 0 fully saturated rings. The first-order valence-corrected chi connectivity index (χ1v) is 11.8. The Balaban J connectivity index is 1.50. The predicted octanol–water partition coefficient (Wildman–Crippen LogP) is 5.23. The second kappa shape index (κ2) is 10.2. The molecule has 0 bridgehead atoms. The number of nitrogens with one attached hydrogen (secondary N) is 2. The van der Waals surface area contributed by atoms with Crippen molar-refractivity contribution in [3.05, 3.63) is 83.7 Å². The van der Waals surface area contributed by atoms with Gasteiger partial charge in [0.1, 0.15) is 5.75 Å². The van der Waals surface area contributed by atoms with Crippen molar-refractivity contribution in [1.82, 2.24) is 10.3 Å². The minimum atomic E-state index is -0.314. The summed E-state index contributed by atoms with van der Waals surface area (Å²) in [4.78, 5) is 31.9. The molecule has 0 saturated heterocycles. The molecule has 1 atom stereocenters. The maximum Gasteiger partial charge on any atom is 0.319 e. The lowest BCUT2D eigenvalue weighted by Gasteiger charge is -2.34. The monoisotopic (exact) mass is 472 g/mol. The number of para-hydroxylation sites is 1. The van der Waals surface area contributed by atoms with E-state index in [9.17, 15) is 9.59 Å². The first-order chi connectivity index (χ1) is 16.8. The number of hydrogen-bond acceptors (Lipinski definition) is 4. The number of pyridine rings is 1. The fourth-order valence-corrected chi connectivity index (χ4v) is 4.33. The minimum absolute atomic E-state index is 0.0234. The summed E-state index contributed by atoms with van der Waals surface area (Å²) in [5.74, 6) is 0.625. The lowest BCUT2D eigenvalue weighted by Crippen LogP contribution is -2.42. The van der Waals surface area contributed by atoms with Crippen molar-refractivity contribution in [2.45, 2.75) is 45.1 Å². The van der Waals surface area contributed by atoms with Crippen LogP contribution in [0.3, 0.4) is 0 Å². The van der Waals surface area contributed by atoms with Gasteiger partial charge >= 0.3 is 6.03 Å². The number of carbonyl (C=O) groups excluding carboxylic acids is 2. The molecule has 0 spiro atoms. The Labute approximate surface area is 206 Å². The molecule has 2 N–H and O–H groups in total. The standard InChI is InChI=1S/C28H32N4O3/c1-28(2,3)20-9-10-25(35-4)23(18-20)31-27(34)30-22-13-16-32(24-8-6-5-7-21(22)24)26(33)17-19-11-14-29-15-12-19/h5-12,14-15,18,22H,13,16-17H2,1-4H3,(H2,30,31,34). The van der Waals surface area contributed by atoms with Gasteiger partial charge < -0.3 is 20.3 Å². The minimum Gasteiger partial charge on any atom is -0.495 e. The Bertz CT molecular complexity index is 1200. The fourth-order valence-electron chi connectivity index (χ4n) is 4.33. The van der Waals surface area contributed by atoms with Gasteiger partial charge in [-0.1, -0.05) is 45.0 Å². The number of aromatic nitrogens is 1. The largest absolute Gasteiger partial charge is 0.495 e. The van der Waals surface area contributed by atoms with Gasteiger partial charge in [-0.3, -0.25) is 9.78 Å². The number of amides is 3. The van der Waals surface area contributed by atoms with E-state index in [1.54, 1.807) is 19.5 Å². The average Bonchev–Trinajstić information content (AvgIpc) is 2.84. The third-order valence-electron chi connectivity index (χ3n) is 6.27. The van der Waals surface area contributed by atoms with E-state index in [1.165, 1.54) is 0 Å². The van der Waals surface area contributed by atoms with Gasteiger partial charge in [-0.2, -0.15) is 0 Å². The topological polar surface area (TPSA) is 83.6 Å². The molecule has 1 aromatic heterocycles. The SMILES string of the molecule is COc1ccc(C(C)(C)C)cc1NC(=O)NC1CCN(C(=O)Cc2ccncc2)c2ccccc21. The van der Waals surface area contributed by atoms with Crippen molar-refractivity contribution in [3.8, 4) is 5.75 Å². The molecule has 182 valence electrons. The fraction of sp³-hybridized carbons (Fsp3) is 0.321. The van der Waals surface area contributed by atoms with Crippen LogP contribution in [0.4, 0.5) is 16.2 Å². The molecule has 4 rings (SSSR count). The summed E-state index contributed by atoms with van der Waals surface area (Å²) in [5.41, 5.74) is 4.33. The molecule has 2 heterocycles. The van der Waals surface area contributed by atoms with E-state index >= 15 is 0 Å². The summed E-state index contributed by atoms with van der Waals surface area (Å²) < 4.78 is 5.46. The van der Waals surface area contributed by atoms with Crippen molar-refractivity contribution in [2.75, 3.05) is 23.9 Å². The van der Waals surface area contributed by atoms with Gasteiger partial charge in [0.15, 0.2) is 0 Å². The molecule has 1 aliphatic rings. The molecule has 7 nitrogen and oxygen atoms in total. The van der Waals surface area contributed by atoms with Crippen molar-refractivity contribution in [3.63, 3.8) is 0 Å². The zero-order valence-electron chi connectivity index (χ0n) is 20.7. The third kappa shape index (κ3) is 5.62. The summed E-state index contributed by atoms with van der Waals surface area (Å²) in [5, 5.41) is 6.05. The Morgan fingerprint density at radius 2 is 1.83 bits per heavy atom. The molecule has 1 unspecified atom stereocenters. The van der Waals surface area contributed by atoms with E-state index in [1.807, 2.05) is 59.5 Å². The molecule has 35 heavy (non-hydrogen) atoms. The molecule has 3 amide bonds. The van der Waals surface area contributed by atoms with Crippen LogP contribution in [0.1, 0.15) is 49.9 Å². The molecule has 0 radical (unpaired) electrons. The highest BCUT2D eigenvalue weighted by Crippen LogP contribution is 2.35. The zero-order valence-corrected chi connectivity index (χ0v) is 20.7. The molecule has 0 saturated carbocycles.